The number of carbonyl (C=O) groups excluding carboxylic acids is 11. The summed E-state index contributed by atoms with van der Waals surface area (Å²) >= 11 is 0. The molecule has 4 N–H and O–H groups in total. The second kappa shape index (κ2) is 35.0. The molecule has 1 saturated heterocycles. The Morgan fingerprint density at radius 2 is 0.894 bits per heavy atom. The minimum absolute atomic E-state index is 0.125. The van der Waals surface area contributed by atoms with Crippen molar-refractivity contribution in [2.24, 2.45) is 47.3 Å². The van der Waals surface area contributed by atoms with E-state index in [1.165, 1.54) is 92.6 Å². The smallest absolute Gasteiger partial charge is 0.246 e. The van der Waals surface area contributed by atoms with Gasteiger partial charge in [0.05, 0.1) is 12.6 Å². The lowest BCUT2D eigenvalue weighted by Crippen LogP contribution is -2.62. The highest BCUT2D eigenvalue weighted by atomic mass is 16.3. The van der Waals surface area contributed by atoms with Crippen LogP contribution in [-0.2, 0) is 52.7 Å². The number of rotatable bonds is 15. The maximum absolute atomic E-state index is 15.2. The van der Waals surface area contributed by atoms with Gasteiger partial charge in [-0.1, -0.05) is 109 Å². The van der Waals surface area contributed by atoms with E-state index in [9.17, 15) is 48.3 Å². The van der Waals surface area contributed by atoms with Gasteiger partial charge in [0, 0.05) is 61.7 Å². The first-order chi connectivity index (χ1) is 39.2. The highest BCUT2D eigenvalue weighted by Gasteiger charge is 2.45. The number of amides is 10. The monoisotopic (exact) mass is 1200 g/mol. The lowest BCUT2D eigenvalue weighted by atomic mass is 9.86. The van der Waals surface area contributed by atoms with Crippen LogP contribution in [0.25, 0.3) is 0 Å². The average Bonchev–Trinajstić information content (AvgIpc) is 3.62. The molecule has 0 aromatic rings. The number of aliphatic hydroxyl groups is 1. The molecule has 1 aliphatic heterocycles. The largest absolute Gasteiger partial charge is 0.390 e. The standard InChI is InChI=1S/C63H112N10O12/c1-25-27-28-41(15)54(76)53-49(74)33-44(26-2)59(81)67(18)34-50(75)68(19)45(29-35(3)4)57(79)66-51(39(11)12)62(84)69(20)46(30-36(5)6)56(78)64-42(16)55(77)65-43(17)58(80)70(21)47(31-37(7)8)60(82)71(22)48(32-38(9)10)61(83)72(23)52(40(13)14)63(85)73(53)24/h25,27,35-48,51-54,76H,26,28-34H2,1-24H3,(H,64,78)(H,65,77)(H,66,79)/b27-25+/t41-,42+,43-,44-,45+,46+,47+,48+,51+,52-,53-,54-/m1/s1. The van der Waals surface area contributed by atoms with Gasteiger partial charge in [0.15, 0.2) is 5.78 Å². The fraction of sp³-hybridized carbons (Fsp3) is 0.794. The van der Waals surface area contributed by atoms with E-state index >= 15 is 9.59 Å². The topological polar surface area (TPSA) is 267 Å². The van der Waals surface area contributed by atoms with Crippen molar-refractivity contribution in [1.29, 1.82) is 0 Å². The van der Waals surface area contributed by atoms with Gasteiger partial charge in [-0.15, -0.1) is 0 Å². The average molecular weight is 1200 g/mol. The predicted molar refractivity (Wildman–Crippen MR) is 330 cm³/mol. The van der Waals surface area contributed by atoms with Crippen molar-refractivity contribution in [3.63, 3.8) is 0 Å². The number of hydrogen-bond donors (Lipinski definition) is 4. The van der Waals surface area contributed by atoms with Crippen molar-refractivity contribution in [2.75, 3.05) is 55.9 Å². The molecule has 486 valence electrons. The van der Waals surface area contributed by atoms with Crippen LogP contribution in [0, 0.1) is 47.3 Å². The van der Waals surface area contributed by atoms with E-state index in [0.29, 0.717) is 6.42 Å². The predicted octanol–water partition coefficient (Wildman–Crippen LogP) is 4.36. The molecule has 0 unspecified atom stereocenters. The molecule has 0 spiro atoms. The van der Waals surface area contributed by atoms with Gasteiger partial charge in [-0.05, 0) is 101 Å². The number of aliphatic hydroxyl groups excluding tert-OH is 1. The van der Waals surface area contributed by atoms with Crippen LogP contribution in [0.2, 0.25) is 0 Å². The lowest BCUT2D eigenvalue weighted by molar-refractivity contribution is -0.157. The normalized spacial score (nSPS) is 27.0. The molecule has 0 aromatic carbocycles. The number of hydrogen-bond acceptors (Lipinski definition) is 12. The van der Waals surface area contributed by atoms with Crippen LogP contribution < -0.4 is 16.0 Å². The summed E-state index contributed by atoms with van der Waals surface area (Å²) in [5, 5.41) is 20.4. The van der Waals surface area contributed by atoms with Crippen LogP contribution >= 0.6 is 0 Å². The van der Waals surface area contributed by atoms with Gasteiger partial charge in [-0.2, -0.15) is 0 Å². The second-order valence-corrected chi connectivity index (χ2v) is 26.4. The first-order valence-corrected chi connectivity index (χ1v) is 30.8. The summed E-state index contributed by atoms with van der Waals surface area (Å²) in [5.41, 5.74) is 0. The molecule has 0 saturated carbocycles. The molecule has 1 fully saturated rings. The number of ketones is 1. The van der Waals surface area contributed by atoms with Gasteiger partial charge in [0.25, 0.3) is 0 Å². The van der Waals surface area contributed by atoms with Gasteiger partial charge in [-0.25, -0.2) is 0 Å². The summed E-state index contributed by atoms with van der Waals surface area (Å²) < 4.78 is 0. The van der Waals surface area contributed by atoms with Crippen molar-refractivity contribution in [1.82, 2.24) is 50.2 Å². The van der Waals surface area contributed by atoms with E-state index in [2.05, 4.69) is 16.0 Å². The summed E-state index contributed by atoms with van der Waals surface area (Å²) in [7, 11) is 10.0. The molecule has 85 heavy (non-hydrogen) atoms. The van der Waals surface area contributed by atoms with Gasteiger partial charge in [0.1, 0.15) is 54.4 Å². The Balaban J connectivity index is 4.32. The summed E-state index contributed by atoms with van der Waals surface area (Å²) in [5.74, 6) is -10.1. The van der Waals surface area contributed by atoms with Crippen molar-refractivity contribution in [3.05, 3.63) is 12.2 Å². The third-order valence-corrected chi connectivity index (χ3v) is 16.4. The number of nitrogens with zero attached hydrogens (tertiary/aromatic N) is 7. The molecule has 0 bridgehead atoms. The number of likely N-dealkylation sites (N-methyl/N-ethyl adjacent to an activating group) is 7. The van der Waals surface area contributed by atoms with Crippen LogP contribution in [0.15, 0.2) is 12.2 Å². The Kier molecular flexibility index (Phi) is 31.8. The van der Waals surface area contributed by atoms with E-state index < -0.39 is 162 Å². The highest BCUT2D eigenvalue weighted by Crippen LogP contribution is 2.27. The first kappa shape index (κ1) is 77.1. The second-order valence-electron chi connectivity index (χ2n) is 26.4. The maximum atomic E-state index is 15.2. The molecule has 0 aromatic heterocycles. The third kappa shape index (κ3) is 21.8. The minimum Gasteiger partial charge on any atom is -0.390 e. The maximum Gasteiger partial charge on any atom is 0.246 e. The molecular formula is C63H112N10O12. The Morgan fingerprint density at radius 1 is 0.482 bits per heavy atom. The van der Waals surface area contributed by atoms with E-state index in [1.807, 2.05) is 68.4 Å². The molecule has 1 aliphatic rings. The number of Topliss-reactive ketones (excluding diaryl/α,β-unsaturated/α-hetero) is 1. The van der Waals surface area contributed by atoms with E-state index in [-0.39, 0.29) is 55.8 Å². The van der Waals surface area contributed by atoms with Crippen molar-refractivity contribution < 1.29 is 57.8 Å². The van der Waals surface area contributed by atoms with Crippen LogP contribution in [0.4, 0.5) is 0 Å². The summed E-state index contributed by atoms with van der Waals surface area (Å²) in [6, 6.07) is -10.9. The lowest BCUT2D eigenvalue weighted by Gasteiger charge is -2.41. The summed E-state index contributed by atoms with van der Waals surface area (Å²) in [4.78, 5) is 169. The molecule has 1 heterocycles. The van der Waals surface area contributed by atoms with Gasteiger partial charge < -0.3 is 55.4 Å². The number of allylic oxidation sites excluding steroid dienone is 2. The number of nitrogens with one attached hydrogen (secondary N) is 3. The molecule has 12 atom stereocenters. The molecule has 0 aliphatic carbocycles. The number of carbonyl (C=O) groups is 11. The Labute approximate surface area is 509 Å². The first-order valence-electron chi connectivity index (χ1n) is 30.8. The zero-order valence-corrected chi connectivity index (χ0v) is 56.3. The molecule has 1 rings (SSSR count). The van der Waals surface area contributed by atoms with Gasteiger partial charge in [0.2, 0.25) is 59.1 Å². The van der Waals surface area contributed by atoms with Crippen molar-refractivity contribution in [3.8, 4) is 0 Å². The Morgan fingerprint density at radius 3 is 1.34 bits per heavy atom. The van der Waals surface area contributed by atoms with Crippen LogP contribution in [0.1, 0.15) is 163 Å². The zero-order valence-electron chi connectivity index (χ0n) is 56.3. The fourth-order valence-electron chi connectivity index (χ4n) is 11.0. The van der Waals surface area contributed by atoms with Crippen molar-refractivity contribution >= 4 is 64.9 Å². The van der Waals surface area contributed by atoms with Crippen LogP contribution in [0.5, 0.6) is 0 Å². The van der Waals surface area contributed by atoms with E-state index in [0.717, 1.165) is 4.90 Å². The molecule has 22 nitrogen and oxygen atoms in total. The summed E-state index contributed by atoms with van der Waals surface area (Å²) in [6.45, 7) is 29.6. The van der Waals surface area contributed by atoms with Gasteiger partial charge >= 0.3 is 0 Å². The third-order valence-electron chi connectivity index (χ3n) is 16.4. The quantitative estimate of drug-likeness (QED) is 0.167. The van der Waals surface area contributed by atoms with Crippen LogP contribution in [-0.4, -0.2) is 221 Å². The molecule has 10 amide bonds. The van der Waals surface area contributed by atoms with Gasteiger partial charge in [-0.3, -0.25) is 52.7 Å². The van der Waals surface area contributed by atoms with E-state index in [1.54, 1.807) is 47.6 Å². The minimum atomic E-state index is -1.50. The molecule has 0 radical (unpaired) electrons. The zero-order chi connectivity index (χ0) is 66.0. The van der Waals surface area contributed by atoms with Crippen molar-refractivity contribution in [2.45, 2.75) is 223 Å². The summed E-state index contributed by atoms with van der Waals surface area (Å²) in [6.07, 6.45) is 2.88. The van der Waals surface area contributed by atoms with E-state index in [4.69, 9.17) is 0 Å². The molecular weight excluding hydrogens is 1090 g/mol. The highest BCUT2D eigenvalue weighted by molar-refractivity contribution is 5.99. The SMILES string of the molecule is C/C=C/C[C@@H](C)[C@@H](O)[C@H]1C(=O)C[C@@H](CC)C(=O)N(C)CC(=O)N(C)[C@@H](CC(C)C)C(=O)N[C@@H](C(C)C)C(=O)N(C)[C@@H](CC(C)C)C(=O)N[C@@H](C)C(=O)N[C@H](C)C(=O)N(C)[C@@H](CC(C)C)C(=O)N(C)[C@@H](CC(C)C)C(=O)N(C)[C@H](C(C)C)C(=O)N1C. The molecule has 22 heteroatoms. The van der Waals surface area contributed by atoms with Crippen LogP contribution in [0.3, 0.4) is 0 Å². The fourth-order valence-corrected chi connectivity index (χ4v) is 11.0. The Bertz CT molecular complexity index is 2320. The Hall–Kier alpha value is -5.93.